The number of rotatable bonds is 2. The lowest BCUT2D eigenvalue weighted by Gasteiger charge is -2.14. The van der Waals surface area contributed by atoms with Gasteiger partial charge in [-0.1, -0.05) is 13.8 Å². The predicted octanol–water partition coefficient (Wildman–Crippen LogP) is 2.17. The van der Waals surface area contributed by atoms with Crippen LogP contribution in [-0.4, -0.2) is 23.0 Å². The molecule has 1 aromatic heterocycles. The Morgan fingerprint density at radius 2 is 1.79 bits per heavy atom. The molecule has 0 aliphatic carbocycles. The smallest absolute Gasteiger partial charge is 0.0271 e. The van der Waals surface area contributed by atoms with Gasteiger partial charge in [-0.25, -0.2) is 0 Å². The van der Waals surface area contributed by atoms with Gasteiger partial charge in [0.25, 0.3) is 0 Å². The highest BCUT2D eigenvalue weighted by Crippen LogP contribution is 2.23. The second kappa shape index (κ2) is 4.09. The Morgan fingerprint density at radius 3 is 2.36 bits per heavy atom. The van der Waals surface area contributed by atoms with Crippen LogP contribution in [0.25, 0.3) is 0 Å². The third-order valence-electron chi connectivity index (χ3n) is 3.22. The molecule has 0 amide bonds. The summed E-state index contributed by atoms with van der Waals surface area (Å²) < 4.78 is 0. The fourth-order valence-electron chi connectivity index (χ4n) is 2.12. The molecule has 2 atom stereocenters. The quantitative estimate of drug-likeness (QED) is 0.710. The normalized spacial score (nSPS) is 28.1. The first-order valence-corrected chi connectivity index (χ1v) is 5.37. The molecule has 76 valence electrons. The Labute approximate surface area is 86.0 Å². The zero-order valence-electron chi connectivity index (χ0n) is 8.98. The van der Waals surface area contributed by atoms with Crippen molar-refractivity contribution in [1.29, 1.82) is 0 Å². The number of nitrogens with zero attached hydrogens (tertiary/aromatic N) is 2. The van der Waals surface area contributed by atoms with Crippen LogP contribution in [0.1, 0.15) is 19.4 Å². The summed E-state index contributed by atoms with van der Waals surface area (Å²) in [5.41, 5.74) is 1.38. The Bertz CT molecular complexity index is 274. The predicted molar refractivity (Wildman–Crippen MR) is 57.8 cm³/mol. The van der Waals surface area contributed by atoms with Crippen molar-refractivity contribution in [3.63, 3.8) is 0 Å². The molecule has 1 aliphatic rings. The van der Waals surface area contributed by atoms with E-state index >= 15 is 0 Å². The third-order valence-corrected chi connectivity index (χ3v) is 3.22. The van der Waals surface area contributed by atoms with E-state index in [1.54, 1.807) is 0 Å². The Hall–Kier alpha value is -0.890. The van der Waals surface area contributed by atoms with Crippen LogP contribution in [0.3, 0.4) is 0 Å². The number of aromatic nitrogens is 1. The van der Waals surface area contributed by atoms with Gasteiger partial charge >= 0.3 is 0 Å². The zero-order valence-corrected chi connectivity index (χ0v) is 8.98. The largest absolute Gasteiger partial charge is 0.299 e. The van der Waals surface area contributed by atoms with E-state index in [2.05, 4.69) is 35.9 Å². The van der Waals surface area contributed by atoms with Crippen molar-refractivity contribution in [1.82, 2.24) is 9.88 Å². The van der Waals surface area contributed by atoms with Gasteiger partial charge in [-0.15, -0.1) is 0 Å². The number of pyridine rings is 1. The second-order valence-electron chi connectivity index (χ2n) is 4.50. The standard InChI is InChI=1S/C12H18N2/c1-10-7-14(8-11(10)2)9-12-3-5-13-6-4-12/h3-6,10-11H,7-9H2,1-2H3/t10-,11-/m0/s1. The summed E-state index contributed by atoms with van der Waals surface area (Å²) in [5, 5.41) is 0. The highest BCUT2D eigenvalue weighted by atomic mass is 15.1. The molecule has 1 saturated heterocycles. The van der Waals surface area contributed by atoms with Gasteiger partial charge in [-0.05, 0) is 29.5 Å². The minimum absolute atomic E-state index is 0.844. The molecule has 2 heteroatoms. The van der Waals surface area contributed by atoms with Crippen LogP contribution in [0.15, 0.2) is 24.5 Å². The molecule has 2 rings (SSSR count). The van der Waals surface area contributed by atoms with Crippen LogP contribution in [-0.2, 0) is 6.54 Å². The molecular weight excluding hydrogens is 172 g/mol. The number of hydrogen-bond donors (Lipinski definition) is 0. The fraction of sp³-hybridized carbons (Fsp3) is 0.583. The van der Waals surface area contributed by atoms with Crippen LogP contribution in [0.5, 0.6) is 0 Å². The summed E-state index contributed by atoms with van der Waals surface area (Å²) in [4.78, 5) is 6.56. The van der Waals surface area contributed by atoms with E-state index in [1.165, 1.54) is 18.7 Å². The molecule has 14 heavy (non-hydrogen) atoms. The molecule has 1 aromatic rings. The minimum Gasteiger partial charge on any atom is -0.299 e. The van der Waals surface area contributed by atoms with Crippen molar-refractivity contribution < 1.29 is 0 Å². The molecule has 0 bridgehead atoms. The van der Waals surface area contributed by atoms with Crippen LogP contribution < -0.4 is 0 Å². The van der Waals surface area contributed by atoms with Crippen molar-refractivity contribution in [2.45, 2.75) is 20.4 Å². The summed E-state index contributed by atoms with van der Waals surface area (Å²) in [6.07, 6.45) is 3.75. The molecule has 0 spiro atoms. The van der Waals surface area contributed by atoms with E-state index in [9.17, 15) is 0 Å². The highest BCUT2D eigenvalue weighted by Gasteiger charge is 2.25. The van der Waals surface area contributed by atoms with Crippen molar-refractivity contribution in [3.05, 3.63) is 30.1 Å². The van der Waals surface area contributed by atoms with Gasteiger partial charge in [0, 0.05) is 32.0 Å². The average Bonchev–Trinajstić information content (AvgIpc) is 2.47. The SMILES string of the molecule is C[C@H]1CN(Cc2ccncc2)C[C@@H]1C. The molecule has 0 radical (unpaired) electrons. The number of hydrogen-bond acceptors (Lipinski definition) is 2. The summed E-state index contributed by atoms with van der Waals surface area (Å²) in [6, 6.07) is 4.21. The molecule has 0 unspecified atom stereocenters. The molecule has 2 heterocycles. The van der Waals surface area contributed by atoms with Gasteiger partial charge in [-0.3, -0.25) is 9.88 Å². The van der Waals surface area contributed by atoms with Crippen LogP contribution in [0.4, 0.5) is 0 Å². The number of likely N-dealkylation sites (tertiary alicyclic amines) is 1. The molecule has 2 nitrogen and oxygen atoms in total. The van der Waals surface area contributed by atoms with Crippen molar-refractivity contribution in [2.75, 3.05) is 13.1 Å². The highest BCUT2D eigenvalue weighted by molar-refractivity contribution is 5.09. The second-order valence-corrected chi connectivity index (χ2v) is 4.50. The molecular formula is C12H18N2. The van der Waals surface area contributed by atoms with Gasteiger partial charge in [0.2, 0.25) is 0 Å². The van der Waals surface area contributed by atoms with Gasteiger partial charge in [0.05, 0.1) is 0 Å². The summed E-state index contributed by atoms with van der Waals surface area (Å²) in [7, 11) is 0. The maximum Gasteiger partial charge on any atom is 0.0271 e. The van der Waals surface area contributed by atoms with E-state index in [0.717, 1.165) is 18.4 Å². The van der Waals surface area contributed by atoms with Crippen molar-refractivity contribution >= 4 is 0 Å². The monoisotopic (exact) mass is 190 g/mol. The van der Waals surface area contributed by atoms with Crippen molar-refractivity contribution in [3.8, 4) is 0 Å². The summed E-state index contributed by atoms with van der Waals surface area (Å²) >= 11 is 0. The van der Waals surface area contributed by atoms with E-state index in [1.807, 2.05) is 12.4 Å². The Balaban J connectivity index is 1.94. The van der Waals surface area contributed by atoms with Gasteiger partial charge in [0.1, 0.15) is 0 Å². The molecule has 0 aromatic carbocycles. The van der Waals surface area contributed by atoms with E-state index in [0.29, 0.717) is 0 Å². The lowest BCUT2D eigenvalue weighted by Crippen LogP contribution is -2.19. The van der Waals surface area contributed by atoms with Crippen LogP contribution in [0, 0.1) is 11.8 Å². The fourth-order valence-corrected chi connectivity index (χ4v) is 2.12. The third kappa shape index (κ3) is 2.13. The Kier molecular flexibility index (Phi) is 2.82. The van der Waals surface area contributed by atoms with Crippen LogP contribution >= 0.6 is 0 Å². The average molecular weight is 190 g/mol. The minimum atomic E-state index is 0.844. The van der Waals surface area contributed by atoms with Gasteiger partial charge < -0.3 is 0 Å². The van der Waals surface area contributed by atoms with E-state index < -0.39 is 0 Å². The molecule has 0 N–H and O–H groups in total. The molecule has 1 fully saturated rings. The van der Waals surface area contributed by atoms with Crippen LogP contribution in [0.2, 0.25) is 0 Å². The maximum absolute atomic E-state index is 4.03. The zero-order chi connectivity index (χ0) is 9.97. The first-order chi connectivity index (χ1) is 6.75. The first kappa shape index (κ1) is 9.66. The lowest BCUT2D eigenvalue weighted by atomic mass is 10.0. The molecule has 1 aliphatic heterocycles. The Morgan fingerprint density at radius 1 is 1.21 bits per heavy atom. The maximum atomic E-state index is 4.03. The van der Waals surface area contributed by atoms with Gasteiger partial charge in [0.15, 0.2) is 0 Å². The van der Waals surface area contributed by atoms with E-state index in [-0.39, 0.29) is 0 Å². The van der Waals surface area contributed by atoms with Crippen molar-refractivity contribution in [2.24, 2.45) is 11.8 Å². The van der Waals surface area contributed by atoms with E-state index in [4.69, 9.17) is 0 Å². The summed E-state index contributed by atoms with van der Waals surface area (Å²) in [6.45, 7) is 8.25. The van der Waals surface area contributed by atoms with Gasteiger partial charge in [-0.2, -0.15) is 0 Å². The first-order valence-electron chi connectivity index (χ1n) is 5.37. The topological polar surface area (TPSA) is 16.1 Å². The summed E-state index contributed by atoms with van der Waals surface area (Å²) in [5.74, 6) is 1.69. The lowest BCUT2D eigenvalue weighted by molar-refractivity contribution is 0.316. The molecule has 0 saturated carbocycles.